The number of benzene rings is 2. The largest absolute Gasteiger partial charge is 0.544 e. The number of carbonyl (C=O) groups is 1. The molecule has 0 saturated heterocycles. The standard InChI is InChI=1S/C21H21NO5/c1-2-6-17(21(25)26)22-12-16-18(23)10-9-14-15(11-19(24)27-20(14)16)13-7-4-3-5-8-13/h3-5,7-11,17,22-23H,2,6,12H2,1H3,(H,25,26)/t17-/m1/s1. The first kappa shape index (κ1) is 18.7. The third kappa shape index (κ3) is 4.01. The fourth-order valence-corrected chi connectivity index (χ4v) is 3.23. The van der Waals surface area contributed by atoms with E-state index in [0.29, 0.717) is 29.4 Å². The molecular formula is C21H21NO5. The van der Waals surface area contributed by atoms with Gasteiger partial charge in [-0.2, -0.15) is 0 Å². The normalized spacial score (nSPS) is 12.2. The number of fused-ring (bicyclic) bond motifs is 1. The van der Waals surface area contributed by atoms with Crippen molar-refractivity contribution in [3.63, 3.8) is 0 Å². The Morgan fingerprint density at radius 1 is 1.22 bits per heavy atom. The van der Waals surface area contributed by atoms with Crippen LogP contribution in [-0.2, 0) is 11.3 Å². The van der Waals surface area contributed by atoms with E-state index in [4.69, 9.17) is 4.42 Å². The van der Waals surface area contributed by atoms with Crippen LogP contribution in [0.15, 0.2) is 57.7 Å². The molecule has 0 bridgehead atoms. The van der Waals surface area contributed by atoms with Crippen molar-refractivity contribution in [1.82, 2.24) is 0 Å². The number of quaternary nitrogens is 1. The molecule has 0 unspecified atom stereocenters. The molecule has 0 fully saturated rings. The highest BCUT2D eigenvalue weighted by Crippen LogP contribution is 2.32. The number of carboxylic acids is 1. The van der Waals surface area contributed by atoms with Crippen LogP contribution in [0.25, 0.3) is 22.1 Å². The highest BCUT2D eigenvalue weighted by Gasteiger charge is 2.19. The molecular weight excluding hydrogens is 346 g/mol. The average molecular weight is 367 g/mol. The molecule has 0 saturated carbocycles. The molecule has 1 atom stereocenters. The number of aliphatic carboxylic acids is 1. The lowest BCUT2D eigenvalue weighted by Crippen LogP contribution is -2.91. The van der Waals surface area contributed by atoms with E-state index in [1.807, 2.05) is 37.3 Å². The van der Waals surface area contributed by atoms with Crippen molar-refractivity contribution >= 4 is 16.9 Å². The SMILES string of the molecule is CCC[C@@H]([NH2+]Cc1c(O)ccc2c(-c3ccccc3)cc(=O)oc12)C(=O)[O-]. The molecule has 0 aliphatic heterocycles. The van der Waals surface area contributed by atoms with Gasteiger partial charge < -0.3 is 24.7 Å². The van der Waals surface area contributed by atoms with Gasteiger partial charge in [-0.05, 0) is 23.3 Å². The molecule has 0 amide bonds. The van der Waals surface area contributed by atoms with Crippen molar-refractivity contribution < 1.29 is 24.7 Å². The lowest BCUT2D eigenvalue weighted by atomic mass is 9.99. The maximum absolute atomic E-state index is 12.1. The summed E-state index contributed by atoms with van der Waals surface area (Å²) in [7, 11) is 0. The summed E-state index contributed by atoms with van der Waals surface area (Å²) in [6, 6.07) is 13.3. The van der Waals surface area contributed by atoms with E-state index < -0.39 is 17.6 Å². The average Bonchev–Trinajstić information content (AvgIpc) is 2.66. The number of nitrogens with two attached hydrogens (primary N) is 1. The molecule has 27 heavy (non-hydrogen) atoms. The first-order valence-electron chi connectivity index (χ1n) is 8.89. The molecule has 1 heterocycles. The zero-order valence-electron chi connectivity index (χ0n) is 15.0. The minimum absolute atomic E-state index is 0.0410. The number of phenols is 1. The van der Waals surface area contributed by atoms with E-state index in [-0.39, 0.29) is 17.9 Å². The maximum Gasteiger partial charge on any atom is 0.336 e. The van der Waals surface area contributed by atoms with Gasteiger partial charge in [0.2, 0.25) is 0 Å². The Hall–Kier alpha value is -3.12. The number of aromatic hydroxyl groups is 1. The first-order valence-corrected chi connectivity index (χ1v) is 8.89. The first-order chi connectivity index (χ1) is 13.0. The summed E-state index contributed by atoms with van der Waals surface area (Å²) in [5.41, 5.74) is 1.69. The molecule has 140 valence electrons. The third-order valence-corrected chi connectivity index (χ3v) is 4.58. The number of carboxylic acid groups (broad SMARTS) is 1. The van der Waals surface area contributed by atoms with E-state index in [0.717, 1.165) is 5.56 Å². The van der Waals surface area contributed by atoms with Crippen molar-refractivity contribution in [2.45, 2.75) is 32.4 Å². The Bertz CT molecular complexity index is 1010. The van der Waals surface area contributed by atoms with Gasteiger partial charge in [0.25, 0.3) is 0 Å². The predicted molar refractivity (Wildman–Crippen MR) is 98.9 cm³/mol. The Morgan fingerprint density at radius 3 is 2.63 bits per heavy atom. The van der Waals surface area contributed by atoms with Crippen LogP contribution >= 0.6 is 0 Å². The van der Waals surface area contributed by atoms with Crippen LogP contribution < -0.4 is 16.0 Å². The molecule has 0 aliphatic carbocycles. The third-order valence-electron chi connectivity index (χ3n) is 4.58. The number of rotatable bonds is 7. The van der Waals surface area contributed by atoms with E-state index in [2.05, 4.69) is 0 Å². The van der Waals surface area contributed by atoms with Gasteiger partial charge >= 0.3 is 5.63 Å². The van der Waals surface area contributed by atoms with Gasteiger partial charge in [0, 0.05) is 17.9 Å². The molecule has 3 rings (SSSR count). The van der Waals surface area contributed by atoms with Crippen LogP contribution in [0, 0.1) is 0 Å². The summed E-state index contributed by atoms with van der Waals surface area (Å²) < 4.78 is 5.39. The van der Waals surface area contributed by atoms with Crippen molar-refractivity contribution in [2.75, 3.05) is 0 Å². The van der Waals surface area contributed by atoms with E-state index in [9.17, 15) is 19.8 Å². The summed E-state index contributed by atoms with van der Waals surface area (Å²) >= 11 is 0. The van der Waals surface area contributed by atoms with E-state index in [1.165, 1.54) is 12.1 Å². The molecule has 0 radical (unpaired) electrons. The zero-order valence-corrected chi connectivity index (χ0v) is 15.0. The van der Waals surface area contributed by atoms with Gasteiger partial charge in [0.15, 0.2) is 5.58 Å². The highest BCUT2D eigenvalue weighted by atomic mass is 16.4. The smallest absolute Gasteiger partial charge is 0.336 e. The number of carbonyl (C=O) groups excluding carboxylic acids is 1. The molecule has 6 nitrogen and oxygen atoms in total. The second-order valence-corrected chi connectivity index (χ2v) is 6.44. The van der Waals surface area contributed by atoms with Gasteiger partial charge in [-0.15, -0.1) is 0 Å². The molecule has 0 spiro atoms. The second kappa shape index (κ2) is 8.05. The fraction of sp³-hybridized carbons (Fsp3) is 0.238. The molecule has 2 aromatic carbocycles. The lowest BCUT2D eigenvalue weighted by molar-refractivity contribution is -0.698. The summed E-state index contributed by atoms with van der Waals surface area (Å²) in [5.74, 6) is -1.19. The number of phenolic OH excluding ortho intramolecular Hbond substituents is 1. The predicted octanol–water partition coefficient (Wildman–Crippen LogP) is 1.15. The quantitative estimate of drug-likeness (QED) is 0.609. The summed E-state index contributed by atoms with van der Waals surface area (Å²) in [6.07, 6.45) is 1.15. The van der Waals surface area contributed by atoms with Gasteiger partial charge in [0.1, 0.15) is 18.3 Å². The van der Waals surface area contributed by atoms with Crippen LogP contribution in [0.4, 0.5) is 0 Å². The van der Waals surface area contributed by atoms with Gasteiger partial charge in [0.05, 0.1) is 11.5 Å². The van der Waals surface area contributed by atoms with Crippen LogP contribution in [0.2, 0.25) is 0 Å². The summed E-state index contributed by atoms with van der Waals surface area (Å²) in [4.78, 5) is 23.4. The molecule has 3 N–H and O–H groups in total. The van der Waals surface area contributed by atoms with Gasteiger partial charge in [-0.1, -0.05) is 43.7 Å². The summed E-state index contributed by atoms with van der Waals surface area (Å²) in [5, 5.41) is 23.8. The van der Waals surface area contributed by atoms with Gasteiger partial charge in [-0.25, -0.2) is 4.79 Å². The second-order valence-electron chi connectivity index (χ2n) is 6.44. The monoisotopic (exact) mass is 367 g/mol. The van der Waals surface area contributed by atoms with Crippen molar-refractivity contribution in [2.24, 2.45) is 0 Å². The Balaban J connectivity index is 2.08. The maximum atomic E-state index is 12.1. The Morgan fingerprint density at radius 2 is 1.96 bits per heavy atom. The van der Waals surface area contributed by atoms with Crippen LogP contribution in [0.5, 0.6) is 5.75 Å². The molecule has 1 aromatic heterocycles. The Labute approximate surface area is 156 Å². The fourth-order valence-electron chi connectivity index (χ4n) is 3.23. The number of hydrogen-bond acceptors (Lipinski definition) is 5. The van der Waals surface area contributed by atoms with Gasteiger partial charge in [-0.3, -0.25) is 0 Å². The van der Waals surface area contributed by atoms with Crippen molar-refractivity contribution in [1.29, 1.82) is 0 Å². The minimum atomic E-state index is -1.15. The lowest BCUT2D eigenvalue weighted by Gasteiger charge is -2.17. The van der Waals surface area contributed by atoms with Crippen LogP contribution in [0.3, 0.4) is 0 Å². The van der Waals surface area contributed by atoms with Crippen molar-refractivity contribution in [3.8, 4) is 16.9 Å². The molecule has 3 aromatic rings. The summed E-state index contributed by atoms with van der Waals surface area (Å²) in [6.45, 7) is 2.05. The van der Waals surface area contributed by atoms with Crippen molar-refractivity contribution in [3.05, 3.63) is 64.5 Å². The molecule has 0 aliphatic rings. The topological polar surface area (TPSA) is 107 Å². The van der Waals surface area contributed by atoms with E-state index >= 15 is 0 Å². The minimum Gasteiger partial charge on any atom is -0.544 e. The number of hydrogen-bond donors (Lipinski definition) is 2. The van der Waals surface area contributed by atoms with Crippen LogP contribution in [0.1, 0.15) is 25.3 Å². The molecule has 6 heteroatoms. The van der Waals surface area contributed by atoms with Crippen LogP contribution in [-0.4, -0.2) is 17.1 Å². The Kier molecular flexibility index (Phi) is 5.57. The highest BCUT2D eigenvalue weighted by molar-refractivity contribution is 5.95. The zero-order chi connectivity index (χ0) is 19.4. The van der Waals surface area contributed by atoms with E-state index in [1.54, 1.807) is 11.4 Å².